The maximum atomic E-state index is 13.3. The van der Waals surface area contributed by atoms with Crippen LogP contribution < -0.4 is 4.74 Å². The first-order chi connectivity index (χ1) is 17.4. The molecule has 5 rings (SSSR count). The SMILES string of the molecule is O=C(O)CCN1C2=C(C(=O)CCC2)C(c2ccc(OCc3cccc(Cl)c3)cc2)C2=C1CCCC2=O. The van der Waals surface area contributed by atoms with Gasteiger partial charge >= 0.3 is 5.97 Å². The van der Waals surface area contributed by atoms with Crippen LogP contribution in [0.25, 0.3) is 0 Å². The maximum absolute atomic E-state index is 13.3. The summed E-state index contributed by atoms with van der Waals surface area (Å²) in [5, 5.41) is 9.97. The van der Waals surface area contributed by atoms with Crippen molar-refractivity contribution in [1.29, 1.82) is 0 Å². The average molecular weight is 506 g/mol. The fourth-order valence-corrected chi connectivity index (χ4v) is 5.79. The minimum absolute atomic E-state index is 0.0424. The summed E-state index contributed by atoms with van der Waals surface area (Å²) >= 11 is 6.06. The molecule has 7 heteroatoms. The molecule has 0 amide bonds. The van der Waals surface area contributed by atoms with E-state index in [4.69, 9.17) is 16.3 Å². The number of nitrogens with zero attached hydrogens (tertiary/aromatic N) is 1. The first kappa shape index (κ1) is 24.3. The van der Waals surface area contributed by atoms with Gasteiger partial charge in [-0.05, 0) is 61.1 Å². The molecule has 2 aromatic carbocycles. The maximum Gasteiger partial charge on any atom is 0.305 e. The number of benzene rings is 2. The predicted octanol–water partition coefficient (Wildman–Crippen LogP) is 5.81. The number of carbonyl (C=O) groups excluding carboxylic acids is 2. The van der Waals surface area contributed by atoms with Crippen molar-refractivity contribution in [1.82, 2.24) is 4.90 Å². The third-order valence-electron chi connectivity index (χ3n) is 7.14. The van der Waals surface area contributed by atoms with Crippen LogP contribution in [-0.4, -0.2) is 34.1 Å². The molecule has 36 heavy (non-hydrogen) atoms. The molecule has 6 nitrogen and oxygen atoms in total. The highest BCUT2D eigenvalue weighted by atomic mass is 35.5. The van der Waals surface area contributed by atoms with Crippen molar-refractivity contribution in [2.45, 2.75) is 57.5 Å². The Morgan fingerprint density at radius 1 is 0.944 bits per heavy atom. The zero-order valence-electron chi connectivity index (χ0n) is 20.0. The summed E-state index contributed by atoms with van der Waals surface area (Å²) in [6, 6.07) is 15.1. The number of ether oxygens (including phenoxy) is 1. The van der Waals surface area contributed by atoms with Gasteiger partial charge in [-0.2, -0.15) is 0 Å². The van der Waals surface area contributed by atoms with E-state index in [1.54, 1.807) is 0 Å². The van der Waals surface area contributed by atoms with Gasteiger partial charge in [0, 0.05) is 52.9 Å². The molecular formula is C29H28ClNO5. The fourth-order valence-electron chi connectivity index (χ4n) is 5.58. The van der Waals surface area contributed by atoms with E-state index in [0.717, 1.165) is 35.4 Å². The number of carboxylic acid groups (broad SMARTS) is 1. The highest BCUT2D eigenvalue weighted by Gasteiger charge is 2.43. The molecule has 0 radical (unpaired) electrons. The summed E-state index contributed by atoms with van der Waals surface area (Å²) in [6.45, 7) is 0.653. The molecule has 0 atom stereocenters. The van der Waals surface area contributed by atoms with Crippen molar-refractivity contribution in [2.75, 3.05) is 6.54 Å². The molecule has 0 fully saturated rings. The normalized spacial score (nSPS) is 18.3. The van der Waals surface area contributed by atoms with Gasteiger partial charge in [0.25, 0.3) is 0 Å². The van der Waals surface area contributed by atoms with Gasteiger partial charge < -0.3 is 14.7 Å². The van der Waals surface area contributed by atoms with Gasteiger partial charge in [-0.1, -0.05) is 35.9 Å². The second-order valence-corrected chi connectivity index (χ2v) is 9.93. The van der Waals surface area contributed by atoms with Crippen LogP contribution in [0.15, 0.2) is 71.1 Å². The van der Waals surface area contributed by atoms with E-state index in [-0.39, 0.29) is 24.5 Å². The Bertz CT molecular complexity index is 1230. The van der Waals surface area contributed by atoms with Gasteiger partial charge in [0.1, 0.15) is 12.4 Å². The van der Waals surface area contributed by atoms with Gasteiger partial charge in [0.2, 0.25) is 0 Å². The number of Topliss-reactive ketones (excluding diaryl/α,β-unsaturated/α-hetero) is 2. The Kier molecular flexibility index (Phi) is 6.97. The Hall–Kier alpha value is -3.38. The molecule has 1 N–H and O–H groups in total. The molecule has 0 saturated heterocycles. The first-order valence-corrected chi connectivity index (χ1v) is 12.8. The molecule has 1 aliphatic heterocycles. The zero-order valence-corrected chi connectivity index (χ0v) is 20.7. The number of aliphatic carboxylic acids is 1. The van der Waals surface area contributed by atoms with Crippen LogP contribution in [-0.2, 0) is 21.0 Å². The summed E-state index contributed by atoms with van der Waals surface area (Å²) in [7, 11) is 0. The standard InChI is InChI=1S/C29H28ClNO5/c30-20-5-1-4-18(16-20)17-36-21-12-10-19(11-13-21)27-28-22(6-2-8-24(28)32)31(15-14-26(34)35)23-7-3-9-25(33)29(23)27/h1,4-5,10-13,16,27H,2-3,6-9,14-15,17H2,(H,34,35). The second kappa shape index (κ2) is 10.3. The number of hydrogen-bond acceptors (Lipinski definition) is 5. The average Bonchev–Trinajstić information content (AvgIpc) is 2.86. The quantitative estimate of drug-likeness (QED) is 0.511. The summed E-state index contributed by atoms with van der Waals surface area (Å²) in [6.07, 6.45) is 3.74. The molecule has 2 aromatic rings. The highest BCUT2D eigenvalue weighted by Crippen LogP contribution is 2.49. The molecule has 1 heterocycles. The minimum atomic E-state index is -0.890. The van der Waals surface area contributed by atoms with Gasteiger partial charge in [-0.15, -0.1) is 0 Å². The van der Waals surface area contributed by atoms with Gasteiger partial charge in [-0.25, -0.2) is 0 Å². The smallest absolute Gasteiger partial charge is 0.305 e. The van der Waals surface area contributed by atoms with Crippen molar-refractivity contribution in [2.24, 2.45) is 0 Å². The Labute approximate surface area is 215 Å². The van der Waals surface area contributed by atoms with Crippen molar-refractivity contribution in [3.05, 3.63) is 87.2 Å². The lowest BCUT2D eigenvalue weighted by Gasteiger charge is -2.44. The number of allylic oxidation sites excluding steroid dienone is 4. The van der Waals surface area contributed by atoms with E-state index in [2.05, 4.69) is 0 Å². The summed E-state index contributed by atoms with van der Waals surface area (Å²) in [5.74, 6) is -0.524. The van der Waals surface area contributed by atoms with E-state index >= 15 is 0 Å². The van der Waals surface area contributed by atoms with E-state index < -0.39 is 11.9 Å². The summed E-state index contributed by atoms with van der Waals surface area (Å²) in [4.78, 5) is 39.9. The van der Waals surface area contributed by atoms with Crippen molar-refractivity contribution in [3.63, 3.8) is 0 Å². The lowest BCUT2D eigenvalue weighted by molar-refractivity contribution is -0.137. The highest BCUT2D eigenvalue weighted by molar-refractivity contribution is 6.30. The van der Waals surface area contributed by atoms with Crippen LogP contribution in [0.5, 0.6) is 5.75 Å². The second-order valence-electron chi connectivity index (χ2n) is 9.49. The lowest BCUT2D eigenvalue weighted by atomic mass is 9.71. The minimum Gasteiger partial charge on any atom is -0.489 e. The number of ketones is 2. The molecular weight excluding hydrogens is 478 g/mol. The van der Waals surface area contributed by atoms with Crippen molar-refractivity contribution in [3.8, 4) is 5.75 Å². The monoisotopic (exact) mass is 505 g/mol. The van der Waals surface area contributed by atoms with E-state index in [9.17, 15) is 19.5 Å². The number of hydrogen-bond donors (Lipinski definition) is 1. The number of rotatable bonds is 7. The Morgan fingerprint density at radius 2 is 1.58 bits per heavy atom. The first-order valence-electron chi connectivity index (χ1n) is 12.4. The van der Waals surface area contributed by atoms with Crippen molar-refractivity contribution < 1.29 is 24.2 Å². The van der Waals surface area contributed by atoms with Crippen LogP contribution in [0.1, 0.15) is 62.0 Å². The van der Waals surface area contributed by atoms with Crippen LogP contribution in [0, 0.1) is 0 Å². The van der Waals surface area contributed by atoms with Gasteiger partial charge in [0.05, 0.1) is 6.42 Å². The summed E-state index contributed by atoms with van der Waals surface area (Å²) < 4.78 is 5.94. The van der Waals surface area contributed by atoms with E-state index in [0.29, 0.717) is 54.2 Å². The third-order valence-corrected chi connectivity index (χ3v) is 7.38. The number of carbonyl (C=O) groups is 3. The molecule has 0 unspecified atom stereocenters. The number of halogens is 1. The molecule has 0 aromatic heterocycles. The van der Waals surface area contributed by atoms with Gasteiger partial charge in [-0.3, -0.25) is 14.4 Å². The third kappa shape index (κ3) is 4.82. The van der Waals surface area contributed by atoms with Crippen LogP contribution in [0.4, 0.5) is 0 Å². The molecule has 0 spiro atoms. The lowest BCUT2D eigenvalue weighted by Crippen LogP contribution is -2.39. The van der Waals surface area contributed by atoms with Crippen LogP contribution in [0.2, 0.25) is 5.02 Å². The topological polar surface area (TPSA) is 83.9 Å². The molecule has 0 bridgehead atoms. The van der Waals surface area contributed by atoms with Crippen LogP contribution in [0.3, 0.4) is 0 Å². The Balaban J connectivity index is 1.49. The van der Waals surface area contributed by atoms with Crippen LogP contribution >= 0.6 is 11.6 Å². The Morgan fingerprint density at radius 3 is 2.17 bits per heavy atom. The molecule has 2 aliphatic carbocycles. The van der Waals surface area contributed by atoms with E-state index in [1.807, 2.05) is 53.4 Å². The molecule has 0 saturated carbocycles. The predicted molar refractivity (Wildman–Crippen MR) is 136 cm³/mol. The molecule has 3 aliphatic rings. The summed E-state index contributed by atoms with van der Waals surface area (Å²) in [5.41, 5.74) is 4.96. The largest absolute Gasteiger partial charge is 0.489 e. The molecule has 186 valence electrons. The van der Waals surface area contributed by atoms with Gasteiger partial charge in [0.15, 0.2) is 11.6 Å². The van der Waals surface area contributed by atoms with E-state index in [1.165, 1.54) is 0 Å². The fraction of sp³-hybridized carbons (Fsp3) is 0.345. The number of carboxylic acids is 1. The van der Waals surface area contributed by atoms with Crippen molar-refractivity contribution >= 4 is 29.1 Å². The zero-order chi connectivity index (χ0) is 25.2.